The number of β-amino-alcohol motifs (C(OH)–C–C–N with tert-alkyl or cyclic N) is 1. The van der Waals surface area contributed by atoms with Crippen molar-refractivity contribution in [3.05, 3.63) is 22.7 Å². The van der Waals surface area contributed by atoms with Crippen molar-refractivity contribution in [2.45, 2.75) is 19.6 Å². The Bertz CT molecular complexity index is 319. The smallest absolute Gasteiger partial charge is 0.144 e. The molecule has 1 N–H and O–H groups in total. The zero-order chi connectivity index (χ0) is 10.1. The SMILES string of the molecule is Cc1cc(Cl)nc(CN2CC(O)C2)n1. The van der Waals surface area contributed by atoms with E-state index < -0.39 is 0 Å². The molecule has 1 aliphatic heterocycles. The molecular formula is C9H12ClN3O. The highest BCUT2D eigenvalue weighted by Crippen LogP contribution is 2.12. The second-order valence-electron chi connectivity index (χ2n) is 3.60. The molecule has 2 heterocycles. The van der Waals surface area contributed by atoms with E-state index in [0.29, 0.717) is 24.8 Å². The van der Waals surface area contributed by atoms with E-state index in [1.165, 1.54) is 0 Å². The van der Waals surface area contributed by atoms with Crippen molar-refractivity contribution in [3.8, 4) is 0 Å². The number of aryl methyl sites for hydroxylation is 1. The monoisotopic (exact) mass is 213 g/mol. The van der Waals surface area contributed by atoms with Gasteiger partial charge in [0.05, 0.1) is 12.6 Å². The maximum atomic E-state index is 9.10. The molecule has 14 heavy (non-hydrogen) atoms. The number of likely N-dealkylation sites (tertiary alicyclic amines) is 1. The third-order valence-corrected chi connectivity index (χ3v) is 2.37. The Hall–Kier alpha value is -0.710. The molecule has 76 valence electrons. The van der Waals surface area contributed by atoms with Crippen molar-refractivity contribution in [2.75, 3.05) is 13.1 Å². The predicted octanol–water partition coefficient (Wildman–Crippen LogP) is 0.615. The van der Waals surface area contributed by atoms with Gasteiger partial charge in [0, 0.05) is 18.8 Å². The second-order valence-corrected chi connectivity index (χ2v) is 3.98. The Kier molecular flexibility index (Phi) is 2.67. The van der Waals surface area contributed by atoms with E-state index in [2.05, 4.69) is 14.9 Å². The average Bonchev–Trinajstić information content (AvgIpc) is 1.99. The molecule has 0 saturated carbocycles. The molecule has 1 aliphatic rings. The fraction of sp³-hybridized carbons (Fsp3) is 0.556. The minimum Gasteiger partial charge on any atom is -0.390 e. The lowest BCUT2D eigenvalue weighted by Gasteiger charge is -2.35. The first-order chi connectivity index (χ1) is 6.63. The van der Waals surface area contributed by atoms with E-state index in [1.807, 2.05) is 6.92 Å². The number of halogens is 1. The first-order valence-corrected chi connectivity index (χ1v) is 4.92. The third-order valence-electron chi connectivity index (χ3n) is 2.17. The van der Waals surface area contributed by atoms with Crippen LogP contribution >= 0.6 is 11.6 Å². The lowest BCUT2D eigenvalue weighted by Crippen LogP contribution is -2.50. The second kappa shape index (κ2) is 3.81. The molecular weight excluding hydrogens is 202 g/mol. The number of nitrogens with zero attached hydrogens (tertiary/aromatic N) is 3. The fourth-order valence-corrected chi connectivity index (χ4v) is 1.79. The van der Waals surface area contributed by atoms with Crippen molar-refractivity contribution in [1.82, 2.24) is 14.9 Å². The first kappa shape index (κ1) is 9.83. The summed E-state index contributed by atoms with van der Waals surface area (Å²) in [6.45, 7) is 3.96. The van der Waals surface area contributed by atoms with Gasteiger partial charge in [-0.05, 0) is 13.0 Å². The van der Waals surface area contributed by atoms with Gasteiger partial charge in [0.2, 0.25) is 0 Å². The standard InChI is InChI=1S/C9H12ClN3O/c1-6-2-8(10)12-9(11-6)5-13-3-7(14)4-13/h2,7,14H,3-5H2,1H3. The van der Waals surface area contributed by atoms with Crippen LogP contribution in [-0.2, 0) is 6.54 Å². The highest BCUT2D eigenvalue weighted by atomic mass is 35.5. The molecule has 0 spiro atoms. The number of hydrogen-bond acceptors (Lipinski definition) is 4. The molecule has 1 saturated heterocycles. The third kappa shape index (κ3) is 2.20. The van der Waals surface area contributed by atoms with E-state index in [-0.39, 0.29) is 6.10 Å². The normalized spacial score (nSPS) is 18.2. The van der Waals surface area contributed by atoms with Gasteiger partial charge < -0.3 is 5.11 Å². The van der Waals surface area contributed by atoms with Gasteiger partial charge in [-0.25, -0.2) is 9.97 Å². The zero-order valence-electron chi connectivity index (χ0n) is 7.94. The van der Waals surface area contributed by atoms with Crippen LogP contribution in [0.4, 0.5) is 0 Å². The average molecular weight is 214 g/mol. The Morgan fingerprint density at radius 2 is 2.29 bits per heavy atom. The van der Waals surface area contributed by atoms with Crippen LogP contribution in [0.3, 0.4) is 0 Å². The summed E-state index contributed by atoms with van der Waals surface area (Å²) in [5.41, 5.74) is 0.876. The van der Waals surface area contributed by atoms with Gasteiger partial charge in [-0.2, -0.15) is 0 Å². The van der Waals surface area contributed by atoms with Crippen LogP contribution in [-0.4, -0.2) is 39.2 Å². The van der Waals surface area contributed by atoms with Crippen molar-refractivity contribution in [2.24, 2.45) is 0 Å². The zero-order valence-corrected chi connectivity index (χ0v) is 8.70. The molecule has 0 unspecified atom stereocenters. The maximum absolute atomic E-state index is 9.10. The van der Waals surface area contributed by atoms with Crippen LogP contribution in [0.25, 0.3) is 0 Å². The van der Waals surface area contributed by atoms with Gasteiger partial charge >= 0.3 is 0 Å². The van der Waals surface area contributed by atoms with Crippen LogP contribution in [0.5, 0.6) is 0 Å². The highest BCUT2D eigenvalue weighted by Gasteiger charge is 2.24. The summed E-state index contributed by atoms with van der Waals surface area (Å²) in [5, 5.41) is 9.58. The molecule has 4 nitrogen and oxygen atoms in total. The van der Waals surface area contributed by atoms with Crippen LogP contribution in [0, 0.1) is 6.92 Å². The van der Waals surface area contributed by atoms with Crippen LogP contribution < -0.4 is 0 Å². The molecule has 0 aromatic carbocycles. The molecule has 0 radical (unpaired) electrons. The summed E-state index contributed by atoms with van der Waals surface area (Å²) in [4.78, 5) is 10.5. The van der Waals surface area contributed by atoms with Crippen molar-refractivity contribution < 1.29 is 5.11 Å². The summed E-state index contributed by atoms with van der Waals surface area (Å²) in [6, 6.07) is 1.73. The molecule has 0 atom stereocenters. The van der Waals surface area contributed by atoms with Crippen LogP contribution in [0.1, 0.15) is 11.5 Å². The number of aliphatic hydroxyl groups is 1. The van der Waals surface area contributed by atoms with Crippen LogP contribution in [0.15, 0.2) is 6.07 Å². The number of hydrogen-bond donors (Lipinski definition) is 1. The lowest BCUT2D eigenvalue weighted by atomic mass is 10.2. The van der Waals surface area contributed by atoms with E-state index in [0.717, 1.165) is 11.5 Å². The van der Waals surface area contributed by atoms with Gasteiger partial charge in [-0.3, -0.25) is 4.90 Å². The van der Waals surface area contributed by atoms with Crippen molar-refractivity contribution in [3.63, 3.8) is 0 Å². The minimum absolute atomic E-state index is 0.185. The molecule has 2 rings (SSSR count). The summed E-state index contributed by atoms with van der Waals surface area (Å²) in [7, 11) is 0. The molecule has 0 aliphatic carbocycles. The number of aliphatic hydroxyl groups excluding tert-OH is 1. The largest absolute Gasteiger partial charge is 0.390 e. The molecule has 1 aromatic heterocycles. The van der Waals surface area contributed by atoms with E-state index in [1.54, 1.807) is 6.07 Å². The topological polar surface area (TPSA) is 49.2 Å². The lowest BCUT2D eigenvalue weighted by molar-refractivity contribution is -0.00429. The summed E-state index contributed by atoms with van der Waals surface area (Å²) in [5.74, 6) is 0.724. The van der Waals surface area contributed by atoms with Crippen molar-refractivity contribution in [1.29, 1.82) is 0 Å². The quantitative estimate of drug-likeness (QED) is 0.732. The molecule has 0 amide bonds. The molecule has 1 fully saturated rings. The molecule has 5 heteroatoms. The minimum atomic E-state index is -0.185. The van der Waals surface area contributed by atoms with Crippen molar-refractivity contribution >= 4 is 11.6 Å². The Morgan fingerprint density at radius 3 is 2.86 bits per heavy atom. The highest BCUT2D eigenvalue weighted by molar-refractivity contribution is 6.29. The van der Waals surface area contributed by atoms with Gasteiger partial charge in [-0.15, -0.1) is 0 Å². The Morgan fingerprint density at radius 1 is 1.57 bits per heavy atom. The van der Waals surface area contributed by atoms with E-state index >= 15 is 0 Å². The molecule has 1 aromatic rings. The first-order valence-electron chi connectivity index (χ1n) is 4.54. The van der Waals surface area contributed by atoms with Gasteiger partial charge in [0.15, 0.2) is 0 Å². The van der Waals surface area contributed by atoms with Gasteiger partial charge in [0.1, 0.15) is 11.0 Å². The van der Waals surface area contributed by atoms with E-state index in [9.17, 15) is 0 Å². The van der Waals surface area contributed by atoms with Gasteiger partial charge in [-0.1, -0.05) is 11.6 Å². The number of rotatable bonds is 2. The molecule has 0 bridgehead atoms. The van der Waals surface area contributed by atoms with Gasteiger partial charge in [0.25, 0.3) is 0 Å². The predicted molar refractivity (Wildman–Crippen MR) is 53.1 cm³/mol. The summed E-state index contributed by atoms with van der Waals surface area (Å²) >= 11 is 5.80. The Balaban J connectivity index is 2.02. The van der Waals surface area contributed by atoms with Crippen LogP contribution in [0.2, 0.25) is 5.15 Å². The fourth-order valence-electron chi connectivity index (χ4n) is 1.53. The summed E-state index contributed by atoms with van der Waals surface area (Å²) in [6.07, 6.45) is -0.185. The Labute approximate surface area is 87.5 Å². The number of aromatic nitrogens is 2. The maximum Gasteiger partial charge on any atom is 0.144 e. The summed E-state index contributed by atoms with van der Waals surface area (Å²) < 4.78 is 0. The van der Waals surface area contributed by atoms with E-state index in [4.69, 9.17) is 16.7 Å².